The predicted molar refractivity (Wildman–Crippen MR) is 91.1 cm³/mol. The fourth-order valence-corrected chi connectivity index (χ4v) is 4.47. The Kier molecular flexibility index (Phi) is 4.41. The number of methoxy groups -OCH3 is 1. The highest BCUT2D eigenvalue weighted by Gasteiger charge is 2.36. The summed E-state index contributed by atoms with van der Waals surface area (Å²) in [6.07, 6.45) is 0.737. The van der Waals surface area contributed by atoms with Crippen molar-refractivity contribution in [2.45, 2.75) is 19.4 Å². The van der Waals surface area contributed by atoms with Gasteiger partial charge in [0, 0.05) is 12.1 Å². The molecule has 5 heteroatoms. The van der Waals surface area contributed by atoms with Crippen LogP contribution in [-0.4, -0.2) is 32.1 Å². The number of benzene rings is 2. The molecular weight excluding hydrogens is 310 g/mol. The van der Waals surface area contributed by atoms with E-state index >= 15 is 0 Å². The molecule has 0 N–H and O–H groups in total. The van der Waals surface area contributed by atoms with Gasteiger partial charge in [-0.1, -0.05) is 42.5 Å². The molecule has 3 rings (SSSR count). The second-order valence-corrected chi connectivity index (χ2v) is 7.81. The monoisotopic (exact) mass is 331 g/mol. The third-order valence-electron chi connectivity index (χ3n) is 4.39. The number of nitrogens with zero attached hydrogens (tertiary/aromatic N) is 1. The minimum absolute atomic E-state index is 0.0980. The molecular formula is C18H21NO3S. The normalized spacial score (nSPS) is 18.4. The molecule has 2 aromatic carbocycles. The van der Waals surface area contributed by atoms with Gasteiger partial charge in [0.05, 0.1) is 18.9 Å². The zero-order valence-corrected chi connectivity index (χ0v) is 14.2. The lowest BCUT2D eigenvalue weighted by molar-refractivity contribution is 0.331. The van der Waals surface area contributed by atoms with E-state index in [1.165, 1.54) is 5.56 Å². The fourth-order valence-electron chi connectivity index (χ4n) is 3.22. The molecule has 1 aliphatic heterocycles. The van der Waals surface area contributed by atoms with Crippen LogP contribution in [0.25, 0.3) is 0 Å². The van der Waals surface area contributed by atoms with E-state index in [4.69, 9.17) is 4.74 Å². The summed E-state index contributed by atoms with van der Waals surface area (Å²) in [4.78, 5) is 0. The molecule has 1 atom stereocenters. The molecule has 0 aliphatic carbocycles. The summed E-state index contributed by atoms with van der Waals surface area (Å²) in [5.41, 5.74) is 3.13. The Morgan fingerprint density at radius 2 is 1.74 bits per heavy atom. The van der Waals surface area contributed by atoms with Gasteiger partial charge in [-0.3, -0.25) is 0 Å². The quantitative estimate of drug-likeness (QED) is 0.865. The van der Waals surface area contributed by atoms with Gasteiger partial charge in [0.2, 0.25) is 10.0 Å². The molecule has 122 valence electrons. The smallest absolute Gasteiger partial charge is 0.214 e. The topological polar surface area (TPSA) is 46.6 Å². The SMILES string of the molecule is CCS(=O)(=O)N1CCc2ccccc2C1c1ccccc1OC. The fraction of sp³-hybridized carbons (Fsp3) is 0.333. The molecule has 0 amide bonds. The maximum Gasteiger partial charge on any atom is 0.214 e. The number of hydrogen-bond donors (Lipinski definition) is 0. The van der Waals surface area contributed by atoms with Crippen LogP contribution in [0.4, 0.5) is 0 Å². The van der Waals surface area contributed by atoms with Gasteiger partial charge in [-0.15, -0.1) is 0 Å². The molecule has 0 saturated heterocycles. The minimum Gasteiger partial charge on any atom is -0.496 e. The summed E-state index contributed by atoms with van der Waals surface area (Å²) in [5, 5.41) is 0. The van der Waals surface area contributed by atoms with E-state index in [0.717, 1.165) is 17.5 Å². The van der Waals surface area contributed by atoms with Crippen molar-refractivity contribution in [1.29, 1.82) is 0 Å². The van der Waals surface area contributed by atoms with Crippen LogP contribution >= 0.6 is 0 Å². The molecule has 1 unspecified atom stereocenters. The molecule has 1 heterocycles. The highest BCUT2D eigenvalue weighted by atomic mass is 32.2. The van der Waals surface area contributed by atoms with Crippen LogP contribution < -0.4 is 4.74 Å². The standard InChI is InChI=1S/C18H21NO3S/c1-3-23(20,21)19-13-12-14-8-4-5-9-15(14)18(19)16-10-6-7-11-17(16)22-2/h4-11,18H,3,12-13H2,1-2H3. The predicted octanol–water partition coefficient (Wildman–Crippen LogP) is 2.99. The lowest BCUT2D eigenvalue weighted by Crippen LogP contribution is -2.41. The van der Waals surface area contributed by atoms with Crippen molar-refractivity contribution in [3.05, 3.63) is 65.2 Å². The molecule has 0 fully saturated rings. The van der Waals surface area contributed by atoms with Crippen molar-refractivity contribution >= 4 is 10.0 Å². The Bertz CT molecular complexity index is 801. The van der Waals surface area contributed by atoms with E-state index in [2.05, 4.69) is 6.07 Å². The molecule has 0 saturated carbocycles. The molecule has 4 nitrogen and oxygen atoms in total. The zero-order valence-electron chi connectivity index (χ0n) is 13.4. The van der Waals surface area contributed by atoms with Crippen LogP contribution in [-0.2, 0) is 16.4 Å². The van der Waals surface area contributed by atoms with Crippen LogP contribution in [0, 0.1) is 0 Å². The first-order chi connectivity index (χ1) is 11.1. The minimum atomic E-state index is -3.31. The average Bonchev–Trinajstić information content (AvgIpc) is 2.60. The Morgan fingerprint density at radius 3 is 2.43 bits per heavy atom. The van der Waals surface area contributed by atoms with Gasteiger partial charge >= 0.3 is 0 Å². The van der Waals surface area contributed by atoms with Gasteiger partial charge in [0.25, 0.3) is 0 Å². The van der Waals surface area contributed by atoms with Crippen molar-refractivity contribution < 1.29 is 13.2 Å². The molecule has 23 heavy (non-hydrogen) atoms. The molecule has 0 radical (unpaired) electrons. The largest absolute Gasteiger partial charge is 0.496 e. The van der Waals surface area contributed by atoms with Crippen LogP contribution in [0.5, 0.6) is 5.75 Å². The number of hydrogen-bond acceptors (Lipinski definition) is 3. The lowest BCUT2D eigenvalue weighted by Gasteiger charge is -2.37. The first-order valence-electron chi connectivity index (χ1n) is 7.78. The number of para-hydroxylation sites is 1. The molecule has 1 aliphatic rings. The van der Waals surface area contributed by atoms with Crippen LogP contribution in [0.3, 0.4) is 0 Å². The third kappa shape index (κ3) is 2.86. The summed E-state index contributed by atoms with van der Waals surface area (Å²) in [7, 11) is -1.69. The Hall–Kier alpha value is -1.85. The van der Waals surface area contributed by atoms with E-state index in [0.29, 0.717) is 12.3 Å². The number of fused-ring (bicyclic) bond motifs is 1. The van der Waals surface area contributed by atoms with Crippen molar-refractivity contribution in [3.63, 3.8) is 0 Å². The second-order valence-electron chi connectivity index (χ2n) is 5.60. The molecule has 0 spiro atoms. The summed E-state index contributed by atoms with van der Waals surface area (Å²) < 4.78 is 32.4. The van der Waals surface area contributed by atoms with Crippen molar-refractivity contribution in [2.24, 2.45) is 0 Å². The van der Waals surface area contributed by atoms with E-state index < -0.39 is 10.0 Å². The number of ether oxygens (including phenoxy) is 1. The van der Waals surface area contributed by atoms with E-state index in [1.807, 2.05) is 42.5 Å². The molecule has 2 aromatic rings. The van der Waals surface area contributed by atoms with Gasteiger partial charge in [-0.2, -0.15) is 4.31 Å². The van der Waals surface area contributed by atoms with Crippen LogP contribution in [0.1, 0.15) is 29.7 Å². The first kappa shape index (κ1) is 16.0. The highest BCUT2D eigenvalue weighted by molar-refractivity contribution is 7.89. The lowest BCUT2D eigenvalue weighted by atomic mass is 9.89. The summed E-state index contributed by atoms with van der Waals surface area (Å²) in [6.45, 7) is 2.19. The molecule has 0 aromatic heterocycles. The first-order valence-corrected chi connectivity index (χ1v) is 9.39. The molecule has 0 bridgehead atoms. The summed E-state index contributed by atoms with van der Waals surface area (Å²) in [6, 6.07) is 15.4. The van der Waals surface area contributed by atoms with E-state index in [-0.39, 0.29) is 11.8 Å². The highest BCUT2D eigenvalue weighted by Crippen LogP contribution is 2.40. The van der Waals surface area contributed by atoms with Crippen LogP contribution in [0.15, 0.2) is 48.5 Å². The van der Waals surface area contributed by atoms with Gasteiger partial charge in [0.1, 0.15) is 5.75 Å². The van der Waals surface area contributed by atoms with Gasteiger partial charge < -0.3 is 4.74 Å². The third-order valence-corrected chi connectivity index (χ3v) is 6.23. The van der Waals surface area contributed by atoms with Crippen LogP contribution in [0.2, 0.25) is 0 Å². The van der Waals surface area contributed by atoms with Gasteiger partial charge in [-0.25, -0.2) is 8.42 Å². The Morgan fingerprint density at radius 1 is 1.09 bits per heavy atom. The summed E-state index contributed by atoms with van der Waals surface area (Å²) in [5.74, 6) is 0.811. The van der Waals surface area contributed by atoms with E-state index in [1.54, 1.807) is 18.3 Å². The second kappa shape index (κ2) is 6.34. The van der Waals surface area contributed by atoms with Gasteiger partial charge in [0.15, 0.2) is 0 Å². The average molecular weight is 331 g/mol. The van der Waals surface area contributed by atoms with Crippen molar-refractivity contribution in [3.8, 4) is 5.75 Å². The van der Waals surface area contributed by atoms with E-state index in [9.17, 15) is 8.42 Å². The number of sulfonamides is 1. The van der Waals surface area contributed by atoms with Crippen molar-refractivity contribution in [1.82, 2.24) is 4.31 Å². The van der Waals surface area contributed by atoms with Crippen molar-refractivity contribution in [2.75, 3.05) is 19.4 Å². The Labute approximate surface area is 137 Å². The van der Waals surface area contributed by atoms with Gasteiger partial charge in [-0.05, 0) is 30.5 Å². The zero-order chi connectivity index (χ0) is 16.4. The maximum absolute atomic E-state index is 12.6. The Balaban J connectivity index is 2.21. The maximum atomic E-state index is 12.6. The number of rotatable bonds is 4. The summed E-state index contributed by atoms with van der Waals surface area (Å²) >= 11 is 0.